The van der Waals surface area contributed by atoms with E-state index in [-0.39, 0.29) is 18.6 Å². The number of aryl methyl sites for hydroxylation is 1. The molecule has 0 aliphatic rings. The zero-order chi connectivity index (χ0) is 18.8. The highest BCUT2D eigenvalue weighted by molar-refractivity contribution is 5.96. The molecule has 0 aliphatic carbocycles. The van der Waals surface area contributed by atoms with E-state index < -0.39 is 0 Å². The largest absolute Gasteiger partial charge is 0.394 e. The van der Waals surface area contributed by atoms with Crippen molar-refractivity contribution in [1.29, 1.82) is 0 Å². The predicted octanol–water partition coefficient (Wildman–Crippen LogP) is 2.82. The van der Waals surface area contributed by atoms with E-state index in [0.717, 1.165) is 33.5 Å². The van der Waals surface area contributed by atoms with Crippen molar-refractivity contribution in [3.05, 3.63) is 30.2 Å². The molecule has 0 aromatic carbocycles. The van der Waals surface area contributed by atoms with Crippen LogP contribution in [0, 0.1) is 12.8 Å². The van der Waals surface area contributed by atoms with Gasteiger partial charge in [0.1, 0.15) is 11.3 Å². The molecule has 0 bridgehead atoms. The maximum atomic E-state index is 9.59. The van der Waals surface area contributed by atoms with Gasteiger partial charge in [-0.05, 0) is 24.5 Å². The van der Waals surface area contributed by atoms with E-state index in [1.807, 2.05) is 44.5 Å². The van der Waals surface area contributed by atoms with Crippen LogP contribution in [0.2, 0.25) is 0 Å². The van der Waals surface area contributed by atoms with Gasteiger partial charge in [0.15, 0.2) is 0 Å². The first-order valence-corrected chi connectivity index (χ1v) is 8.76. The summed E-state index contributed by atoms with van der Waals surface area (Å²) in [4.78, 5) is 18.9. The first kappa shape index (κ1) is 18.1. The maximum absolute atomic E-state index is 9.59. The standard InChI is InChI=1S/C19H26N6O/c1-11(2)15(10-26)23-19-22-9-16(25(4)5)17(24-19)14-8-21-18-13(14)6-12(3)7-20-18/h6-9,11,15,26H,10H2,1-5H3,(H,20,21)(H,22,23,24)/t15-/m0/s1. The average molecular weight is 354 g/mol. The van der Waals surface area contributed by atoms with E-state index in [9.17, 15) is 5.11 Å². The van der Waals surface area contributed by atoms with Crippen molar-refractivity contribution in [2.45, 2.75) is 26.8 Å². The predicted molar refractivity (Wildman–Crippen MR) is 106 cm³/mol. The van der Waals surface area contributed by atoms with Gasteiger partial charge in [0.05, 0.1) is 24.5 Å². The lowest BCUT2D eigenvalue weighted by atomic mass is 10.1. The van der Waals surface area contributed by atoms with Crippen LogP contribution in [0.4, 0.5) is 11.6 Å². The highest BCUT2D eigenvalue weighted by atomic mass is 16.3. The van der Waals surface area contributed by atoms with Gasteiger partial charge in [-0.25, -0.2) is 15.0 Å². The molecule has 0 spiro atoms. The number of aromatic nitrogens is 4. The molecule has 26 heavy (non-hydrogen) atoms. The van der Waals surface area contributed by atoms with Gasteiger partial charge in [0.2, 0.25) is 5.95 Å². The third-order valence-electron chi connectivity index (χ3n) is 4.49. The Morgan fingerprint density at radius 2 is 2.00 bits per heavy atom. The Morgan fingerprint density at radius 3 is 2.65 bits per heavy atom. The van der Waals surface area contributed by atoms with Crippen molar-refractivity contribution in [3.63, 3.8) is 0 Å². The Hall–Kier alpha value is -2.67. The summed E-state index contributed by atoms with van der Waals surface area (Å²) in [5, 5.41) is 13.9. The summed E-state index contributed by atoms with van der Waals surface area (Å²) in [5.41, 5.74) is 4.65. The van der Waals surface area contributed by atoms with Crippen LogP contribution in [0.15, 0.2) is 24.7 Å². The molecule has 3 aromatic heterocycles. The molecule has 3 heterocycles. The fraction of sp³-hybridized carbons (Fsp3) is 0.421. The van der Waals surface area contributed by atoms with Crippen LogP contribution in [0.5, 0.6) is 0 Å². The minimum absolute atomic E-state index is 0.0298. The summed E-state index contributed by atoms with van der Waals surface area (Å²) in [6.45, 7) is 6.16. The lowest BCUT2D eigenvalue weighted by molar-refractivity contribution is 0.248. The maximum Gasteiger partial charge on any atom is 0.223 e. The topological polar surface area (TPSA) is 90.0 Å². The number of hydrogen-bond donors (Lipinski definition) is 3. The van der Waals surface area contributed by atoms with Gasteiger partial charge in [-0.3, -0.25) is 0 Å². The van der Waals surface area contributed by atoms with Crippen LogP contribution in [-0.2, 0) is 0 Å². The average Bonchev–Trinajstić information content (AvgIpc) is 3.01. The van der Waals surface area contributed by atoms with E-state index in [0.29, 0.717) is 5.95 Å². The lowest BCUT2D eigenvalue weighted by Gasteiger charge is -2.22. The van der Waals surface area contributed by atoms with Crippen LogP contribution in [0.25, 0.3) is 22.3 Å². The van der Waals surface area contributed by atoms with Gasteiger partial charge in [0.25, 0.3) is 0 Å². The molecular weight excluding hydrogens is 328 g/mol. The number of fused-ring (bicyclic) bond motifs is 1. The lowest BCUT2D eigenvalue weighted by Crippen LogP contribution is -2.30. The Kier molecular flexibility index (Phi) is 5.08. The molecule has 7 heteroatoms. The monoisotopic (exact) mass is 354 g/mol. The van der Waals surface area contributed by atoms with E-state index in [4.69, 9.17) is 4.98 Å². The summed E-state index contributed by atoms with van der Waals surface area (Å²) in [6, 6.07) is 2.01. The summed E-state index contributed by atoms with van der Waals surface area (Å²) in [5.74, 6) is 0.772. The van der Waals surface area contributed by atoms with Crippen molar-refractivity contribution in [2.75, 3.05) is 30.9 Å². The van der Waals surface area contributed by atoms with Crippen molar-refractivity contribution >= 4 is 22.7 Å². The van der Waals surface area contributed by atoms with Crippen molar-refractivity contribution in [3.8, 4) is 11.3 Å². The second-order valence-corrected chi connectivity index (χ2v) is 7.11. The van der Waals surface area contributed by atoms with Gasteiger partial charge >= 0.3 is 0 Å². The number of pyridine rings is 1. The highest BCUT2D eigenvalue weighted by Crippen LogP contribution is 2.33. The third kappa shape index (κ3) is 3.48. The second kappa shape index (κ2) is 7.29. The Bertz CT molecular complexity index is 902. The summed E-state index contributed by atoms with van der Waals surface area (Å²) >= 11 is 0. The number of aliphatic hydroxyl groups is 1. The van der Waals surface area contributed by atoms with E-state index in [2.05, 4.69) is 40.2 Å². The van der Waals surface area contributed by atoms with Crippen LogP contribution >= 0.6 is 0 Å². The Labute approximate surface area is 153 Å². The minimum atomic E-state index is -0.0973. The van der Waals surface area contributed by atoms with E-state index in [1.165, 1.54) is 0 Å². The normalized spacial score (nSPS) is 12.6. The molecule has 3 rings (SSSR count). The first-order valence-electron chi connectivity index (χ1n) is 8.76. The molecule has 0 unspecified atom stereocenters. The van der Waals surface area contributed by atoms with E-state index in [1.54, 1.807) is 0 Å². The molecule has 0 aliphatic heterocycles. The number of H-pyrrole nitrogens is 1. The molecule has 0 saturated carbocycles. The van der Waals surface area contributed by atoms with Crippen molar-refractivity contribution in [1.82, 2.24) is 19.9 Å². The van der Waals surface area contributed by atoms with Gasteiger partial charge in [0, 0.05) is 37.4 Å². The summed E-state index contributed by atoms with van der Waals surface area (Å²) in [7, 11) is 3.94. The SMILES string of the molecule is Cc1cnc2[nH]cc(-c3nc(N[C@@H](CO)C(C)C)ncc3N(C)C)c2c1. The molecule has 0 saturated heterocycles. The van der Waals surface area contributed by atoms with Gasteiger partial charge in [-0.1, -0.05) is 13.8 Å². The number of aromatic amines is 1. The van der Waals surface area contributed by atoms with Crippen LogP contribution < -0.4 is 10.2 Å². The van der Waals surface area contributed by atoms with Crippen LogP contribution in [0.1, 0.15) is 19.4 Å². The zero-order valence-corrected chi connectivity index (χ0v) is 15.9. The fourth-order valence-electron chi connectivity index (χ4n) is 2.86. The number of aliphatic hydroxyl groups excluding tert-OH is 1. The summed E-state index contributed by atoms with van der Waals surface area (Å²) < 4.78 is 0. The second-order valence-electron chi connectivity index (χ2n) is 7.11. The molecule has 0 amide bonds. The number of hydrogen-bond acceptors (Lipinski definition) is 6. The van der Waals surface area contributed by atoms with Crippen molar-refractivity contribution in [2.24, 2.45) is 5.92 Å². The quantitative estimate of drug-likeness (QED) is 0.631. The van der Waals surface area contributed by atoms with Gasteiger partial charge in [-0.2, -0.15) is 0 Å². The molecule has 1 atom stereocenters. The Balaban J connectivity index is 2.11. The van der Waals surface area contributed by atoms with E-state index >= 15 is 0 Å². The van der Waals surface area contributed by atoms with Crippen LogP contribution in [0.3, 0.4) is 0 Å². The zero-order valence-electron chi connectivity index (χ0n) is 15.9. The minimum Gasteiger partial charge on any atom is -0.394 e. The van der Waals surface area contributed by atoms with Gasteiger partial charge < -0.3 is 20.3 Å². The third-order valence-corrected chi connectivity index (χ3v) is 4.49. The molecular formula is C19H26N6O. The van der Waals surface area contributed by atoms with Gasteiger partial charge in [-0.15, -0.1) is 0 Å². The number of rotatable bonds is 6. The highest BCUT2D eigenvalue weighted by Gasteiger charge is 2.18. The molecule has 138 valence electrons. The molecule has 3 N–H and O–H groups in total. The molecule has 0 radical (unpaired) electrons. The summed E-state index contributed by atoms with van der Waals surface area (Å²) in [6.07, 6.45) is 5.58. The Morgan fingerprint density at radius 1 is 1.23 bits per heavy atom. The molecule has 0 fully saturated rings. The smallest absolute Gasteiger partial charge is 0.223 e. The molecule has 7 nitrogen and oxygen atoms in total. The fourth-order valence-corrected chi connectivity index (χ4v) is 2.86. The number of anilines is 2. The number of nitrogens with zero attached hydrogens (tertiary/aromatic N) is 4. The molecule has 3 aromatic rings. The number of nitrogens with one attached hydrogen (secondary N) is 2. The first-order chi connectivity index (χ1) is 12.4. The van der Waals surface area contributed by atoms with Crippen LogP contribution in [-0.4, -0.2) is 51.8 Å². The van der Waals surface area contributed by atoms with Crippen molar-refractivity contribution < 1.29 is 5.11 Å².